The minimum absolute atomic E-state index is 0.384. The molecule has 0 aliphatic rings. The molecule has 0 radical (unpaired) electrons. The molecule has 0 aliphatic carbocycles. The molecule has 1 atom stereocenters. The van der Waals surface area contributed by atoms with Crippen molar-refractivity contribution in [3.05, 3.63) is 28.8 Å². The van der Waals surface area contributed by atoms with Crippen LogP contribution in [0, 0.1) is 6.92 Å². The maximum absolute atomic E-state index is 11.7. The number of carbonyl (C=O) groups is 2. The van der Waals surface area contributed by atoms with Crippen molar-refractivity contribution < 1.29 is 14.3 Å². The molecular formula is C12H14ClNO3. The molecule has 0 heterocycles. The molecule has 0 saturated heterocycles. The van der Waals surface area contributed by atoms with Gasteiger partial charge in [0, 0.05) is 17.6 Å². The van der Waals surface area contributed by atoms with Crippen LogP contribution in [-0.4, -0.2) is 18.0 Å². The van der Waals surface area contributed by atoms with E-state index in [2.05, 4.69) is 5.32 Å². The van der Waals surface area contributed by atoms with Crippen molar-refractivity contribution in [2.24, 2.45) is 0 Å². The molecular weight excluding hydrogens is 242 g/mol. The summed E-state index contributed by atoms with van der Waals surface area (Å²) in [5.41, 5.74) is 1.50. The van der Waals surface area contributed by atoms with Crippen LogP contribution in [0.1, 0.15) is 19.4 Å². The zero-order valence-corrected chi connectivity index (χ0v) is 10.7. The highest BCUT2D eigenvalue weighted by molar-refractivity contribution is 6.31. The van der Waals surface area contributed by atoms with E-state index in [9.17, 15) is 9.59 Å². The first-order valence-electron chi connectivity index (χ1n) is 5.14. The summed E-state index contributed by atoms with van der Waals surface area (Å²) in [5.74, 6) is -0.874. The van der Waals surface area contributed by atoms with Gasteiger partial charge in [-0.3, -0.25) is 9.59 Å². The third-order valence-electron chi connectivity index (χ3n) is 2.17. The molecule has 0 aliphatic heterocycles. The highest BCUT2D eigenvalue weighted by atomic mass is 35.5. The Morgan fingerprint density at radius 1 is 1.41 bits per heavy atom. The summed E-state index contributed by atoms with van der Waals surface area (Å²) in [6, 6.07) is 5.19. The Hall–Kier alpha value is -1.55. The van der Waals surface area contributed by atoms with Gasteiger partial charge in [-0.2, -0.15) is 0 Å². The number of esters is 1. The van der Waals surface area contributed by atoms with Gasteiger partial charge in [0.15, 0.2) is 6.10 Å². The zero-order chi connectivity index (χ0) is 13.0. The van der Waals surface area contributed by atoms with Crippen LogP contribution >= 0.6 is 11.6 Å². The second-order valence-corrected chi connectivity index (χ2v) is 4.14. The Morgan fingerprint density at radius 2 is 2.06 bits per heavy atom. The van der Waals surface area contributed by atoms with Crippen molar-refractivity contribution in [3.63, 3.8) is 0 Å². The Bertz CT molecular complexity index is 445. The van der Waals surface area contributed by atoms with Crippen molar-refractivity contribution in [2.75, 3.05) is 5.32 Å². The number of aryl methyl sites for hydroxylation is 1. The van der Waals surface area contributed by atoms with E-state index < -0.39 is 12.1 Å². The molecule has 17 heavy (non-hydrogen) atoms. The lowest BCUT2D eigenvalue weighted by atomic mass is 10.2. The number of hydrogen-bond donors (Lipinski definition) is 1. The summed E-state index contributed by atoms with van der Waals surface area (Å²) in [6.07, 6.45) is -0.828. The first kappa shape index (κ1) is 13.5. The number of amides is 1. The number of halogens is 1. The Morgan fingerprint density at radius 3 is 2.65 bits per heavy atom. The lowest BCUT2D eigenvalue weighted by molar-refractivity contribution is -0.150. The van der Waals surface area contributed by atoms with Gasteiger partial charge < -0.3 is 10.1 Å². The van der Waals surface area contributed by atoms with E-state index in [1.54, 1.807) is 18.2 Å². The number of nitrogens with one attached hydrogen (secondary N) is 1. The maximum Gasteiger partial charge on any atom is 0.303 e. The predicted octanol–water partition coefficient (Wildman–Crippen LogP) is 2.54. The van der Waals surface area contributed by atoms with Gasteiger partial charge in [0.05, 0.1) is 0 Å². The SMILES string of the molecule is CC(=O)O[C@H](C)C(=O)Nc1cc(Cl)ccc1C. The molecule has 1 aromatic carbocycles. The molecule has 5 heteroatoms. The standard InChI is InChI=1S/C12H14ClNO3/c1-7-4-5-10(13)6-11(7)14-12(16)8(2)17-9(3)15/h4-6,8H,1-3H3,(H,14,16)/t8-/m1/s1. The van der Waals surface area contributed by atoms with E-state index in [-0.39, 0.29) is 5.91 Å². The largest absolute Gasteiger partial charge is 0.453 e. The highest BCUT2D eigenvalue weighted by Gasteiger charge is 2.16. The number of hydrogen-bond acceptors (Lipinski definition) is 3. The first-order valence-corrected chi connectivity index (χ1v) is 5.52. The van der Waals surface area contributed by atoms with Crippen LogP contribution in [-0.2, 0) is 14.3 Å². The molecule has 1 amide bonds. The minimum Gasteiger partial charge on any atom is -0.453 e. The van der Waals surface area contributed by atoms with Crippen molar-refractivity contribution in [1.29, 1.82) is 0 Å². The summed E-state index contributed by atoms with van der Waals surface area (Å²) < 4.78 is 4.77. The van der Waals surface area contributed by atoms with Crippen LogP contribution in [0.2, 0.25) is 5.02 Å². The lowest BCUT2D eigenvalue weighted by Gasteiger charge is -2.13. The zero-order valence-electron chi connectivity index (χ0n) is 9.91. The Kier molecular flexibility index (Phi) is 4.52. The second-order valence-electron chi connectivity index (χ2n) is 3.70. The van der Waals surface area contributed by atoms with Crippen LogP contribution < -0.4 is 5.32 Å². The molecule has 1 rings (SSSR count). The molecule has 1 aromatic rings. The van der Waals surface area contributed by atoms with Crippen molar-refractivity contribution in [1.82, 2.24) is 0 Å². The van der Waals surface area contributed by atoms with Gasteiger partial charge in [-0.1, -0.05) is 17.7 Å². The summed E-state index contributed by atoms with van der Waals surface area (Å²) in [7, 11) is 0. The normalized spacial score (nSPS) is 11.8. The summed E-state index contributed by atoms with van der Waals surface area (Å²) in [5, 5.41) is 3.19. The molecule has 0 bridgehead atoms. The van der Waals surface area contributed by atoms with E-state index in [0.717, 1.165) is 5.56 Å². The van der Waals surface area contributed by atoms with E-state index in [1.165, 1.54) is 13.8 Å². The Balaban J connectivity index is 2.73. The van der Waals surface area contributed by atoms with Gasteiger partial charge in [0.25, 0.3) is 5.91 Å². The van der Waals surface area contributed by atoms with Gasteiger partial charge in [0.1, 0.15) is 0 Å². The predicted molar refractivity (Wildman–Crippen MR) is 66.0 cm³/mol. The second kappa shape index (κ2) is 5.68. The van der Waals surface area contributed by atoms with Crippen LogP contribution in [0.4, 0.5) is 5.69 Å². The summed E-state index contributed by atoms with van der Waals surface area (Å²) >= 11 is 5.83. The number of ether oxygens (including phenoxy) is 1. The molecule has 1 N–H and O–H groups in total. The lowest BCUT2D eigenvalue weighted by Crippen LogP contribution is -2.29. The van der Waals surface area contributed by atoms with Gasteiger partial charge >= 0.3 is 5.97 Å². The molecule has 0 aromatic heterocycles. The van der Waals surface area contributed by atoms with Crippen LogP contribution in [0.25, 0.3) is 0 Å². The average molecular weight is 256 g/mol. The molecule has 92 valence electrons. The number of carbonyl (C=O) groups excluding carboxylic acids is 2. The average Bonchev–Trinajstić information content (AvgIpc) is 2.22. The summed E-state index contributed by atoms with van der Waals surface area (Å²) in [4.78, 5) is 22.4. The number of rotatable bonds is 3. The first-order chi connectivity index (χ1) is 7.90. The van der Waals surface area contributed by atoms with E-state index in [0.29, 0.717) is 10.7 Å². The molecule has 0 spiro atoms. The van der Waals surface area contributed by atoms with Gasteiger partial charge in [0.2, 0.25) is 0 Å². The fourth-order valence-electron chi connectivity index (χ4n) is 1.27. The van der Waals surface area contributed by atoms with E-state index in [1.807, 2.05) is 6.92 Å². The third kappa shape index (κ3) is 4.07. The number of benzene rings is 1. The smallest absolute Gasteiger partial charge is 0.303 e. The van der Waals surface area contributed by atoms with Crippen molar-refractivity contribution in [2.45, 2.75) is 26.9 Å². The topological polar surface area (TPSA) is 55.4 Å². The van der Waals surface area contributed by atoms with Gasteiger partial charge in [-0.05, 0) is 31.5 Å². The Labute approximate surface area is 105 Å². The quantitative estimate of drug-likeness (QED) is 0.845. The fourth-order valence-corrected chi connectivity index (χ4v) is 1.44. The third-order valence-corrected chi connectivity index (χ3v) is 2.40. The van der Waals surface area contributed by atoms with Crippen LogP contribution in [0.15, 0.2) is 18.2 Å². The summed E-state index contributed by atoms with van der Waals surface area (Å²) in [6.45, 7) is 4.62. The number of anilines is 1. The van der Waals surface area contributed by atoms with Crippen LogP contribution in [0.5, 0.6) is 0 Å². The molecule has 0 fully saturated rings. The fraction of sp³-hybridized carbons (Fsp3) is 0.333. The van der Waals surface area contributed by atoms with Gasteiger partial charge in [-0.25, -0.2) is 0 Å². The molecule has 0 unspecified atom stereocenters. The van der Waals surface area contributed by atoms with Crippen molar-refractivity contribution in [3.8, 4) is 0 Å². The highest BCUT2D eigenvalue weighted by Crippen LogP contribution is 2.20. The van der Waals surface area contributed by atoms with Gasteiger partial charge in [-0.15, -0.1) is 0 Å². The van der Waals surface area contributed by atoms with Crippen molar-refractivity contribution >= 4 is 29.2 Å². The maximum atomic E-state index is 11.7. The minimum atomic E-state index is -0.828. The van der Waals surface area contributed by atoms with E-state index >= 15 is 0 Å². The molecule has 0 saturated carbocycles. The monoisotopic (exact) mass is 255 g/mol. The van der Waals surface area contributed by atoms with E-state index in [4.69, 9.17) is 16.3 Å². The molecule has 4 nitrogen and oxygen atoms in total. The van der Waals surface area contributed by atoms with Crippen LogP contribution in [0.3, 0.4) is 0 Å².